The number of aromatic nitrogens is 7. The fourth-order valence-corrected chi connectivity index (χ4v) is 3.10. The zero-order valence-corrected chi connectivity index (χ0v) is 13.3. The molecular formula is C16H15N7O. The van der Waals surface area contributed by atoms with Crippen molar-refractivity contribution in [2.24, 2.45) is 7.05 Å². The van der Waals surface area contributed by atoms with Crippen molar-refractivity contribution in [3.8, 4) is 17.3 Å². The zero-order chi connectivity index (χ0) is 16.3. The molecule has 4 aromatic heterocycles. The molecule has 0 atom stereocenters. The van der Waals surface area contributed by atoms with Crippen LogP contribution < -0.4 is 4.74 Å². The highest BCUT2D eigenvalue weighted by Crippen LogP contribution is 2.44. The van der Waals surface area contributed by atoms with Crippen LogP contribution in [0, 0.1) is 0 Å². The number of rotatable bonds is 3. The Bertz CT molecular complexity index is 1080. The van der Waals surface area contributed by atoms with Crippen molar-refractivity contribution in [2.45, 2.75) is 18.8 Å². The second-order valence-corrected chi connectivity index (χ2v) is 6.06. The highest BCUT2D eigenvalue weighted by molar-refractivity contribution is 6.04. The predicted molar refractivity (Wildman–Crippen MR) is 87.7 cm³/mol. The first-order valence-corrected chi connectivity index (χ1v) is 7.82. The molecule has 1 aliphatic rings. The van der Waals surface area contributed by atoms with Gasteiger partial charge in [-0.1, -0.05) is 0 Å². The second kappa shape index (κ2) is 4.73. The number of fused-ring (bicyclic) bond motifs is 3. The molecule has 1 saturated carbocycles. The lowest BCUT2D eigenvalue weighted by molar-refractivity contribution is 0.397. The molecule has 0 bridgehead atoms. The average Bonchev–Trinajstić information content (AvgIpc) is 3.30. The molecule has 0 spiro atoms. The number of hydrogen-bond acceptors (Lipinski definition) is 6. The Kier molecular flexibility index (Phi) is 2.64. The van der Waals surface area contributed by atoms with E-state index in [0.29, 0.717) is 17.6 Å². The summed E-state index contributed by atoms with van der Waals surface area (Å²) in [5.74, 6) is 1.54. The Morgan fingerprint density at radius 2 is 2.04 bits per heavy atom. The summed E-state index contributed by atoms with van der Waals surface area (Å²) in [6.07, 6.45) is 7.58. The van der Waals surface area contributed by atoms with Crippen LogP contribution in [0.15, 0.2) is 18.7 Å². The quantitative estimate of drug-likeness (QED) is 0.621. The van der Waals surface area contributed by atoms with E-state index in [9.17, 15) is 0 Å². The van der Waals surface area contributed by atoms with Crippen molar-refractivity contribution in [3.05, 3.63) is 24.4 Å². The van der Waals surface area contributed by atoms with E-state index >= 15 is 0 Å². The van der Waals surface area contributed by atoms with Crippen molar-refractivity contribution in [3.63, 3.8) is 0 Å². The monoisotopic (exact) mass is 321 g/mol. The molecule has 120 valence electrons. The highest BCUT2D eigenvalue weighted by atomic mass is 16.5. The van der Waals surface area contributed by atoms with Crippen LogP contribution in [0.3, 0.4) is 0 Å². The predicted octanol–water partition coefficient (Wildman–Crippen LogP) is 2.19. The van der Waals surface area contributed by atoms with Gasteiger partial charge < -0.3 is 9.72 Å². The molecule has 1 N–H and O–H groups in total. The summed E-state index contributed by atoms with van der Waals surface area (Å²) in [6, 6.07) is 0. The maximum Gasteiger partial charge on any atom is 0.227 e. The molecule has 4 heterocycles. The van der Waals surface area contributed by atoms with E-state index in [0.717, 1.165) is 46.2 Å². The third-order valence-corrected chi connectivity index (χ3v) is 4.37. The molecule has 24 heavy (non-hydrogen) atoms. The Labute approximate surface area is 136 Å². The molecule has 4 aromatic rings. The minimum Gasteiger partial charge on any atom is -0.480 e. The minimum atomic E-state index is 0.446. The molecule has 0 aromatic carbocycles. The first-order valence-electron chi connectivity index (χ1n) is 7.82. The normalized spacial score (nSPS) is 14.6. The van der Waals surface area contributed by atoms with Gasteiger partial charge in [0.05, 0.1) is 12.8 Å². The van der Waals surface area contributed by atoms with Crippen LogP contribution in [-0.4, -0.2) is 41.8 Å². The average molecular weight is 321 g/mol. The van der Waals surface area contributed by atoms with E-state index in [4.69, 9.17) is 4.74 Å². The second-order valence-electron chi connectivity index (χ2n) is 6.06. The molecule has 0 amide bonds. The molecule has 1 aliphatic carbocycles. The van der Waals surface area contributed by atoms with Crippen LogP contribution >= 0.6 is 0 Å². The zero-order valence-electron chi connectivity index (χ0n) is 13.3. The minimum absolute atomic E-state index is 0.446. The fraction of sp³-hybridized carbons (Fsp3) is 0.312. The molecular weight excluding hydrogens is 306 g/mol. The Balaban J connectivity index is 1.74. The third-order valence-electron chi connectivity index (χ3n) is 4.37. The van der Waals surface area contributed by atoms with E-state index in [2.05, 4.69) is 30.0 Å². The van der Waals surface area contributed by atoms with Crippen LogP contribution in [0.25, 0.3) is 33.5 Å². The molecule has 8 heteroatoms. The molecule has 5 rings (SSSR count). The SMILES string of the molecule is COc1ncnc(C2CC2)c1-c1ncc2c(n1)[nH]c1nn(C)cc12. The molecule has 0 saturated heterocycles. The number of H-pyrrole nitrogens is 1. The van der Waals surface area contributed by atoms with E-state index < -0.39 is 0 Å². The largest absolute Gasteiger partial charge is 0.480 e. The van der Waals surface area contributed by atoms with Crippen molar-refractivity contribution >= 4 is 22.1 Å². The van der Waals surface area contributed by atoms with Crippen LogP contribution in [0.4, 0.5) is 0 Å². The van der Waals surface area contributed by atoms with Gasteiger partial charge in [0.15, 0.2) is 11.5 Å². The van der Waals surface area contributed by atoms with Gasteiger partial charge in [0.25, 0.3) is 0 Å². The summed E-state index contributed by atoms with van der Waals surface area (Å²) in [4.78, 5) is 21.2. The number of ether oxygens (including phenoxy) is 1. The topological polar surface area (TPSA) is 94.4 Å². The van der Waals surface area contributed by atoms with E-state index in [1.54, 1.807) is 18.1 Å². The molecule has 8 nitrogen and oxygen atoms in total. The number of hydrogen-bond donors (Lipinski definition) is 1. The summed E-state index contributed by atoms with van der Waals surface area (Å²) in [6.45, 7) is 0. The van der Waals surface area contributed by atoms with Gasteiger partial charge in [0.2, 0.25) is 5.88 Å². The summed E-state index contributed by atoms with van der Waals surface area (Å²) in [5, 5.41) is 6.35. The van der Waals surface area contributed by atoms with Gasteiger partial charge in [-0.3, -0.25) is 4.68 Å². The van der Waals surface area contributed by atoms with Crippen molar-refractivity contribution in [1.82, 2.24) is 34.7 Å². The van der Waals surface area contributed by atoms with Crippen LogP contribution in [-0.2, 0) is 7.05 Å². The van der Waals surface area contributed by atoms with Crippen LogP contribution in [0.2, 0.25) is 0 Å². The lowest BCUT2D eigenvalue weighted by Crippen LogP contribution is -2.02. The van der Waals surface area contributed by atoms with E-state index in [1.165, 1.54) is 0 Å². The van der Waals surface area contributed by atoms with Gasteiger partial charge in [-0.15, -0.1) is 0 Å². The maximum atomic E-state index is 5.43. The first-order chi connectivity index (χ1) is 11.7. The highest BCUT2D eigenvalue weighted by Gasteiger charge is 2.31. The fourth-order valence-electron chi connectivity index (χ4n) is 3.10. The van der Waals surface area contributed by atoms with Gasteiger partial charge >= 0.3 is 0 Å². The molecule has 0 radical (unpaired) electrons. The number of nitrogens with zero attached hydrogens (tertiary/aromatic N) is 6. The molecule has 0 unspecified atom stereocenters. The van der Waals surface area contributed by atoms with Crippen LogP contribution in [0.5, 0.6) is 5.88 Å². The molecule has 1 fully saturated rings. The van der Waals surface area contributed by atoms with E-state index in [-0.39, 0.29) is 0 Å². The number of aryl methyl sites for hydroxylation is 1. The van der Waals surface area contributed by atoms with Crippen LogP contribution in [0.1, 0.15) is 24.5 Å². The summed E-state index contributed by atoms with van der Waals surface area (Å²) in [5.41, 5.74) is 3.32. The first kappa shape index (κ1) is 13.4. The van der Waals surface area contributed by atoms with E-state index in [1.807, 2.05) is 19.4 Å². The maximum absolute atomic E-state index is 5.43. The smallest absolute Gasteiger partial charge is 0.227 e. The summed E-state index contributed by atoms with van der Waals surface area (Å²) in [7, 11) is 3.50. The standard InChI is InChI=1S/C16H15N7O/c1-23-6-10-9-5-17-15(21-13(9)20-14(10)22-23)11-12(8-3-4-8)18-7-19-16(11)24-2/h5-8H,3-4H2,1-2H3,(H,17,20,21,22). The number of methoxy groups -OCH3 is 1. The Morgan fingerprint density at radius 1 is 1.17 bits per heavy atom. The lowest BCUT2D eigenvalue weighted by Gasteiger charge is -2.10. The van der Waals surface area contributed by atoms with Gasteiger partial charge in [-0.05, 0) is 12.8 Å². The van der Waals surface area contributed by atoms with Crippen molar-refractivity contribution < 1.29 is 4.74 Å². The van der Waals surface area contributed by atoms with Gasteiger partial charge in [0.1, 0.15) is 17.5 Å². The third kappa shape index (κ3) is 1.89. The summed E-state index contributed by atoms with van der Waals surface area (Å²) >= 11 is 0. The molecule has 0 aliphatic heterocycles. The van der Waals surface area contributed by atoms with Gasteiger partial charge in [-0.25, -0.2) is 19.9 Å². The Morgan fingerprint density at radius 3 is 2.83 bits per heavy atom. The number of aromatic amines is 1. The van der Waals surface area contributed by atoms with Gasteiger partial charge in [-0.2, -0.15) is 5.10 Å². The Hall–Kier alpha value is -3.03. The van der Waals surface area contributed by atoms with Crippen molar-refractivity contribution in [1.29, 1.82) is 0 Å². The summed E-state index contributed by atoms with van der Waals surface area (Å²) < 4.78 is 7.20. The van der Waals surface area contributed by atoms with Crippen molar-refractivity contribution in [2.75, 3.05) is 7.11 Å². The lowest BCUT2D eigenvalue weighted by atomic mass is 10.1. The number of nitrogens with one attached hydrogen (secondary N) is 1. The van der Waals surface area contributed by atoms with Gasteiger partial charge in [0, 0.05) is 36.1 Å².